The summed E-state index contributed by atoms with van der Waals surface area (Å²) >= 11 is 0. The van der Waals surface area contributed by atoms with Gasteiger partial charge in [-0.3, -0.25) is 9.69 Å². The van der Waals surface area contributed by atoms with Gasteiger partial charge in [-0.25, -0.2) is 0 Å². The third kappa shape index (κ3) is 4.42. The second-order valence-corrected chi connectivity index (χ2v) is 7.47. The number of aryl methyl sites for hydroxylation is 1. The van der Waals surface area contributed by atoms with Gasteiger partial charge in [0.15, 0.2) is 11.5 Å². The Morgan fingerprint density at radius 1 is 1.11 bits per heavy atom. The van der Waals surface area contributed by atoms with E-state index < -0.39 is 0 Å². The van der Waals surface area contributed by atoms with E-state index in [1.165, 1.54) is 11.1 Å². The maximum Gasteiger partial charge on any atom is 0.231 e. The molecule has 0 saturated carbocycles. The molecule has 1 saturated heterocycles. The van der Waals surface area contributed by atoms with Crippen LogP contribution in [0.1, 0.15) is 29.5 Å². The summed E-state index contributed by atoms with van der Waals surface area (Å²) in [5.41, 5.74) is 3.61. The first-order valence-corrected chi connectivity index (χ1v) is 9.61. The monoisotopic (exact) mass is 366 g/mol. The van der Waals surface area contributed by atoms with E-state index in [-0.39, 0.29) is 18.6 Å². The van der Waals surface area contributed by atoms with Gasteiger partial charge < -0.3 is 14.8 Å². The molecule has 142 valence electrons. The fraction of sp³-hybridized carbons (Fsp3) is 0.409. The van der Waals surface area contributed by atoms with Crippen molar-refractivity contribution >= 4 is 5.91 Å². The molecule has 0 aromatic heterocycles. The van der Waals surface area contributed by atoms with E-state index in [1.807, 2.05) is 18.2 Å². The van der Waals surface area contributed by atoms with Gasteiger partial charge in [-0.05, 0) is 49.6 Å². The minimum atomic E-state index is 0.0539. The van der Waals surface area contributed by atoms with Gasteiger partial charge in [0.25, 0.3) is 0 Å². The molecule has 2 aliphatic rings. The Balaban J connectivity index is 1.29. The van der Waals surface area contributed by atoms with Crippen LogP contribution in [0, 0.1) is 12.8 Å². The van der Waals surface area contributed by atoms with Crippen LogP contribution in [0.3, 0.4) is 0 Å². The van der Waals surface area contributed by atoms with Crippen LogP contribution in [0.4, 0.5) is 0 Å². The maximum atomic E-state index is 12.7. The normalized spacial score (nSPS) is 19.1. The molecule has 0 spiro atoms. The highest BCUT2D eigenvalue weighted by atomic mass is 16.7. The summed E-state index contributed by atoms with van der Waals surface area (Å²) in [6.07, 6.45) is 2.02. The van der Waals surface area contributed by atoms with Gasteiger partial charge in [0, 0.05) is 19.6 Å². The number of ether oxygens (including phenoxy) is 2. The molecule has 1 amide bonds. The number of piperidine rings is 1. The van der Waals surface area contributed by atoms with Gasteiger partial charge in [0.1, 0.15) is 0 Å². The largest absolute Gasteiger partial charge is 0.454 e. The van der Waals surface area contributed by atoms with E-state index in [2.05, 4.69) is 41.4 Å². The van der Waals surface area contributed by atoms with Gasteiger partial charge in [-0.15, -0.1) is 0 Å². The molecule has 27 heavy (non-hydrogen) atoms. The molecular weight excluding hydrogens is 340 g/mol. The number of hydrogen-bond donors (Lipinski definition) is 1. The second-order valence-electron chi connectivity index (χ2n) is 7.47. The number of hydrogen-bond acceptors (Lipinski definition) is 4. The molecule has 2 aromatic rings. The molecule has 1 N–H and O–H groups in total. The predicted molar refractivity (Wildman–Crippen MR) is 104 cm³/mol. The predicted octanol–water partition coefficient (Wildman–Crippen LogP) is 3.25. The second kappa shape index (κ2) is 8.01. The first-order chi connectivity index (χ1) is 13.2. The first-order valence-electron chi connectivity index (χ1n) is 9.61. The van der Waals surface area contributed by atoms with Crippen LogP contribution >= 0.6 is 0 Å². The third-order valence-corrected chi connectivity index (χ3v) is 5.31. The number of nitrogens with one attached hydrogen (secondary N) is 1. The Morgan fingerprint density at radius 3 is 2.74 bits per heavy atom. The van der Waals surface area contributed by atoms with Crippen LogP contribution in [0.15, 0.2) is 42.5 Å². The zero-order valence-corrected chi connectivity index (χ0v) is 15.7. The van der Waals surface area contributed by atoms with Crippen LogP contribution in [0.5, 0.6) is 11.5 Å². The molecule has 5 nitrogen and oxygen atoms in total. The van der Waals surface area contributed by atoms with Crippen molar-refractivity contribution in [2.75, 3.05) is 19.9 Å². The molecule has 0 radical (unpaired) electrons. The lowest BCUT2D eigenvalue weighted by Gasteiger charge is -2.32. The lowest BCUT2D eigenvalue weighted by molar-refractivity contribution is -0.126. The standard InChI is InChI=1S/C22H26N2O3/c1-16-4-6-17(7-5-16)13-24-10-2-3-19(14-24)22(25)23-12-18-8-9-20-21(11-18)27-15-26-20/h4-9,11,19H,2-3,10,12-15H2,1H3,(H,23,25). The maximum absolute atomic E-state index is 12.7. The summed E-state index contributed by atoms with van der Waals surface area (Å²) in [6.45, 7) is 5.67. The van der Waals surface area contributed by atoms with Crippen LogP contribution in [0.2, 0.25) is 0 Å². The van der Waals surface area contributed by atoms with Crippen molar-refractivity contribution in [3.63, 3.8) is 0 Å². The van der Waals surface area contributed by atoms with Crippen molar-refractivity contribution < 1.29 is 14.3 Å². The molecule has 1 unspecified atom stereocenters. The Morgan fingerprint density at radius 2 is 1.89 bits per heavy atom. The van der Waals surface area contributed by atoms with Crippen molar-refractivity contribution in [2.24, 2.45) is 5.92 Å². The molecule has 1 fully saturated rings. The number of carbonyl (C=O) groups is 1. The molecule has 1 atom stereocenters. The molecule has 0 bridgehead atoms. The molecule has 0 aliphatic carbocycles. The van der Waals surface area contributed by atoms with Gasteiger partial charge in [0.05, 0.1) is 5.92 Å². The number of nitrogens with zero attached hydrogens (tertiary/aromatic N) is 1. The number of carbonyl (C=O) groups excluding carboxylic acids is 1. The average Bonchev–Trinajstić information content (AvgIpc) is 3.16. The molecule has 2 aliphatic heterocycles. The average molecular weight is 366 g/mol. The number of benzene rings is 2. The van der Waals surface area contributed by atoms with Crippen LogP contribution in [-0.2, 0) is 17.9 Å². The SMILES string of the molecule is Cc1ccc(CN2CCCC(C(=O)NCc3ccc4c(c3)OCO4)C2)cc1. The first kappa shape index (κ1) is 17.9. The van der Waals surface area contributed by atoms with Crippen molar-refractivity contribution in [2.45, 2.75) is 32.9 Å². The van der Waals surface area contributed by atoms with Crippen molar-refractivity contribution in [3.05, 3.63) is 59.2 Å². The van der Waals surface area contributed by atoms with E-state index in [1.54, 1.807) is 0 Å². The quantitative estimate of drug-likeness (QED) is 0.883. The molecule has 5 heteroatoms. The van der Waals surface area contributed by atoms with E-state index in [0.29, 0.717) is 6.54 Å². The molecule has 2 heterocycles. The smallest absolute Gasteiger partial charge is 0.231 e. The van der Waals surface area contributed by atoms with Crippen molar-refractivity contribution in [1.29, 1.82) is 0 Å². The lowest BCUT2D eigenvalue weighted by atomic mass is 9.96. The zero-order valence-electron chi connectivity index (χ0n) is 15.7. The number of likely N-dealkylation sites (tertiary alicyclic amines) is 1. The minimum Gasteiger partial charge on any atom is -0.454 e. The Labute approximate surface area is 160 Å². The van der Waals surface area contributed by atoms with Gasteiger partial charge in [-0.2, -0.15) is 0 Å². The number of fused-ring (bicyclic) bond motifs is 1. The summed E-state index contributed by atoms with van der Waals surface area (Å²) < 4.78 is 10.7. The van der Waals surface area contributed by atoms with E-state index in [0.717, 1.165) is 49.5 Å². The van der Waals surface area contributed by atoms with Crippen LogP contribution < -0.4 is 14.8 Å². The summed E-state index contributed by atoms with van der Waals surface area (Å²) in [5, 5.41) is 3.09. The summed E-state index contributed by atoms with van der Waals surface area (Å²) in [4.78, 5) is 15.0. The topological polar surface area (TPSA) is 50.8 Å². The molecule has 2 aromatic carbocycles. The van der Waals surface area contributed by atoms with E-state index in [9.17, 15) is 4.79 Å². The minimum absolute atomic E-state index is 0.0539. The zero-order chi connectivity index (χ0) is 18.6. The summed E-state index contributed by atoms with van der Waals surface area (Å²) in [6, 6.07) is 14.5. The summed E-state index contributed by atoms with van der Waals surface area (Å²) in [7, 11) is 0. The van der Waals surface area contributed by atoms with E-state index in [4.69, 9.17) is 9.47 Å². The van der Waals surface area contributed by atoms with Gasteiger partial charge in [-0.1, -0.05) is 35.9 Å². The van der Waals surface area contributed by atoms with Crippen molar-refractivity contribution in [1.82, 2.24) is 10.2 Å². The Kier molecular flexibility index (Phi) is 5.30. The number of amides is 1. The molecular formula is C22H26N2O3. The summed E-state index contributed by atoms with van der Waals surface area (Å²) in [5.74, 6) is 1.72. The molecule has 4 rings (SSSR count). The van der Waals surface area contributed by atoms with E-state index >= 15 is 0 Å². The fourth-order valence-corrected chi connectivity index (χ4v) is 3.75. The lowest BCUT2D eigenvalue weighted by Crippen LogP contribution is -2.42. The highest BCUT2D eigenvalue weighted by Gasteiger charge is 2.25. The van der Waals surface area contributed by atoms with Crippen LogP contribution in [0.25, 0.3) is 0 Å². The Bertz CT molecular complexity index is 804. The van der Waals surface area contributed by atoms with Crippen molar-refractivity contribution in [3.8, 4) is 11.5 Å². The van der Waals surface area contributed by atoms with Gasteiger partial charge in [0.2, 0.25) is 12.7 Å². The third-order valence-electron chi connectivity index (χ3n) is 5.31. The Hall–Kier alpha value is -2.53. The highest BCUT2D eigenvalue weighted by Crippen LogP contribution is 2.32. The highest BCUT2D eigenvalue weighted by molar-refractivity contribution is 5.79. The number of rotatable bonds is 5. The van der Waals surface area contributed by atoms with Crippen LogP contribution in [-0.4, -0.2) is 30.7 Å². The fourth-order valence-electron chi connectivity index (χ4n) is 3.75. The van der Waals surface area contributed by atoms with Gasteiger partial charge >= 0.3 is 0 Å².